The number of para-hydroxylation sites is 1. The summed E-state index contributed by atoms with van der Waals surface area (Å²) in [5.74, 6) is 1.51. The van der Waals surface area contributed by atoms with E-state index in [1.54, 1.807) is 18.9 Å². The van der Waals surface area contributed by atoms with E-state index in [0.29, 0.717) is 30.2 Å². The number of nitrogens with one attached hydrogen (secondary N) is 1. The lowest BCUT2D eigenvalue weighted by atomic mass is 10.1. The molecule has 1 aliphatic rings. The molecule has 0 aliphatic carbocycles. The third kappa shape index (κ3) is 3.82. The number of aromatic nitrogens is 2. The third-order valence-electron chi connectivity index (χ3n) is 4.93. The van der Waals surface area contributed by atoms with Crippen molar-refractivity contribution < 1.29 is 9.53 Å². The van der Waals surface area contributed by atoms with Gasteiger partial charge in [-0.25, -0.2) is 9.78 Å². The lowest BCUT2D eigenvalue weighted by molar-refractivity contribution is 0.187. The summed E-state index contributed by atoms with van der Waals surface area (Å²) in [5, 5.41) is 2.94. The van der Waals surface area contributed by atoms with Crippen LogP contribution in [0, 0.1) is 20.8 Å². The van der Waals surface area contributed by atoms with Gasteiger partial charge >= 0.3 is 6.03 Å². The van der Waals surface area contributed by atoms with Gasteiger partial charge in [0.25, 0.3) is 5.56 Å². The van der Waals surface area contributed by atoms with E-state index in [0.717, 1.165) is 16.9 Å². The second kappa shape index (κ2) is 7.42. The first-order chi connectivity index (χ1) is 12.8. The number of fused-ring (bicyclic) bond motifs is 1. The maximum atomic E-state index is 12.6. The number of ether oxygens (including phenoxy) is 1. The van der Waals surface area contributed by atoms with Crippen LogP contribution in [-0.4, -0.2) is 33.1 Å². The van der Waals surface area contributed by atoms with Crippen molar-refractivity contribution in [3.8, 4) is 5.75 Å². The molecule has 2 heterocycles. The minimum Gasteiger partial charge on any atom is -0.491 e. The van der Waals surface area contributed by atoms with Crippen molar-refractivity contribution in [2.24, 2.45) is 7.05 Å². The summed E-state index contributed by atoms with van der Waals surface area (Å²) in [4.78, 5) is 31.0. The summed E-state index contributed by atoms with van der Waals surface area (Å²) in [6.45, 7) is 8.70. The Morgan fingerprint density at radius 2 is 1.93 bits per heavy atom. The Morgan fingerprint density at radius 1 is 1.26 bits per heavy atom. The van der Waals surface area contributed by atoms with E-state index < -0.39 is 0 Å². The van der Waals surface area contributed by atoms with Crippen molar-refractivity contribution in [2.45, 2.75) is 46.8 Å². The number of urea groups is 1. The average Bonchev–Trinajstić information content (AvgIpc) is 3.03. The molecule has 144 valence electrons. The summed E-state index contributed by atoms with van der Waals surface area (Å²) in [6, 6.07) is 5.61. The Bertz CT molecular complexity index is 915. The number of rotatable bonds is 4. The van der Waals surface area contributed by atoms with Crippen LogP contribution in [0.5, 0.6) is 5.75 Å². The van der Waals surface area contributed by atoms with E-state index >= 15 is 0 Å². The van der Waals surface area contributed by atoms with Crippen LogP contribution in [0.15, 0.2) is 23.0 Å². The summed E-state index contributed by atoms with van der Waals surface area (Å²) in [6.07, 6.45) is 0. The van der Waals surface area contributed by atoms with Gasteiger partial charge in [0.2, 0.25) is 0 Å². The van der Waals surface area contributed by atoms with E-state index in [1.807, 2.05) is 39.0 Å². The first-order valence-electron chi connectivity index (χ1n) is 9.07. The number of hydrogen-bond donors (Lipinski definition) is 1. The molecule has 2 amide bonds. The fourth-order valence-electron chi connectivity index (χ4n) is 3.25. The Kier molecular flexibility index (Phi) is 5.21. The molecule has 0 spiro atoms. The van der Waals surface area contributed by atoms with Crippen LogP contribution in [0.2, 0.25) is 0 Å². The number of hydrogen-bond acceptors (Lipinski definition) is 4. The number of amides is 2. The smallest absolute Gasteiger partial charge is 0.318 e. The molecule has 7 heteroatoms. The lowest BCUT2D eigenvalue weighted by Gasteiger charge is -2.21. The molecule has 0 saturated heterocycles. The van der Waals surface area contributed by atoms with Gasteiger partial charge in [0, 0.05) is 7.05 Å². The highest BCUT2D eigenvalue weighted by molar-refractivity contribution is 5.75. The number of nitrogens with zero attached hydrogens (tertiary/aromatic N) is 3. The second-order valence-electron chi connectivity index (χ2n) is 7.19. The molecule has 7 nitrogen and oxygen atoms in total. The minimum atomic E-state index is -0.217. The Morgan fingerprint density at radius 3 is 2.59 bits per heavy atom. The summed E-state index contributed by atoms with van der Waals surface area (Å²) < 4.78 is 7.42. The highest BCUT2D eigenvalue weighted by Gasteiger charge is 2.28. The number of benzene rings is 1. The molecule has 3 rings (SSSR count). The average molecular weight is 370 g/mol. The van der Waals surface area contributed by atoms with Gasteiger partial charge in [-0.1, -0.05) is 18.2 Å². The van der Waals surface area contributed by atoms with E-state index in [1.165, 1.54) is 4.57 Å². The van der Waals surface area contributed by atoms with Gasteiger partial charge in [0.1, 0.15) is 18.2 Å². The SMILES string of the molecule is Cc1cccc(C)c1OCC(C)NC(=O)N1Cc2nc(C)n(C)c(=O)c2C1. The fourth-order valence-corrected chi connectivity index (χ4v) is 3.25. The molecule has 1 aromatic carbocycles. The van der Waals surface area contributed by atoms with E-state index in [4.69, 9.17) is 4.74 Å². The van der Waals surface area contributed by atoms with E-state index in [9.17, 15) is 9.59 Å². The highest BCUT2D eigenvalue weighted by Crippen LogP contribution is 2.22. The molecule has 0 fully saturated rings. The predicted molar refractivity (Wildman–Crippen MR) is 103 cm³/mol. The quantitative estimate of drug-likeness (QED) is 0.895. The normalized spacial score (nSPS) is 14.0. The molecule has 1 unspecified atom stereocenters. The number of aryl methyl sites for hydroxylation is 3. The second-order valence-corrected chi connectivity index (χ2v) is 7.19. The van der Waals surface area contributed by atoms with Gasteiger partial charge in [0.15, 0.2) is 0 Å². The summed E-state index contributed by atoms with van der Waals surface area (Å²) in [5.41, 5.74) is 3.34. The molecule has 27 heavy (non-hydrogen) atoms. The molecule has 2 aromatic rings. The molecule has 0 saturated carbocycles. The van der Waals surface area contributed by atoms with Gasteiger partial charge in [-0.15, -0.1) is 0 Å². The first-order valence-corrected chi connectivity index (χ1v) is 9.07. The maximum Gasteiger partial charge on any atom is 0.318 e. The molecular weight excluding hydrogens is 344 g/mol. The summed E-state index contributed by atoms with van der Waals surface area (Å²) in [7, 11) is 1.70. The molecule has 1 aromatic heterocycles. The standard InChI is InChI=1S/C20H26N4O3/c1-12-7-6-8-13(2)18(12)27-11-14(3)21-20(26)24-9-16-17(10-24)22-15(4)23(5)19(16)25/h6-8,14H,9-11H2,1-5H3,(H,21,26). The third-order valence-corrected chi connectivity index (χ3v) is 4.93. The maximum absolute atomic E-state index is 12.6. The van der Waals surface area contributed by atoms with E-state index in [-0.39, 0.29) is 24.2 Å². The van der Waals surface area contributed by atoms with Crippen molar-refractivity contribution in [3.05, 3.63) is 56.8 Å². The summed E-state index contributed by atoms with van der Waals surface area (Å²) >= 11 is 0. The molecular formula is C20H26N4O3. The first kappa shape index (κ1) is 18.9. The largest absolute Gasteiger partial charge is 0.491 e. The van der Waals surface area contributed by atoms with Crippen LogP contribution < -0.4 is 15.6 Å². The van der Waals surface area contributed by atoms with Crippen LogP contribution in [0.3, 0.4) is 0 Å². The zero-order valence-electron chi connectivity index (χ0n) is 16.5. The fraction of sp³-hybridized carbons (Fsp3) is 0.450. The topological polar surface area (TPSA) is 76.5 Å². The molecule has 1 N–H and O–H groups in total. The van der Waals surface area contributed by atoms with Crippen molar-refractivity contribution in [3.63, 3.8) is 0 Å². The molecule has 0 radical (unpaired) electrons. The zero-order chi connectivity index (χ0) is 19.7. The molecule has 0 bridgehead atoms. The van der Waals surface area contributed by atoms with Crippen LogP contribution >= 0.6 is 0 Å². The van der Waals surface area contributed by atoms with Crippen LogP contribution in [0.4, 0.5) is 4.79 Å². The molecule has 1 atom stereocenters. The monoisotopic (exact) mass is 370 g/mol. The van der Waals surface area contributed by atoms with Crippen LogP contribution in [0.25, 0.3) is 0 Å². The molecule has 1 aliphatic heterocycles. The minimum absolute atomic E-state index is 0.0841. The number of carbonyl (C=O) groups is 1. The van der Waals surface area contributed by atoms with Gasteiger partial charge < -0.3 is 15.0 Å². The number of carbonyl (C=O) groups excluding carboxylic acids is 1. The van der Waals surface area contributed by atoms with Gasteiger partial charge in [-0.3, -0.25) is 9.36 Å². The Balaban J connectivity index is 1.60. The van der Waals surface area contributed by atoms with Gasteiger partial charge in [-0.2, -0.15) is 0 Å². The predicted octanol–water partition coefficient (Wildman–Crippen LogP) is 2.20. The Labute approximate surface area is 159 Å². The van der Waals surface area contributed by atoms with E-state index in [2.05, 4.69) is 10.3 Å². The van der Waals surface area contributed by atoms with Crippen molar-refractivity contribution in [1.29, 1.82) is 0 Å². The zero-order valence-corrected chi connectivity index (χ0v) is 16.5. The van der Waals surface area contributed by atoms with Crippen LogP contribution in [0.1, 0.15) is 35.1 Å². The van der Waals surface area contributed by atoms with Crippen molar-refractivity contribution in [2.75, 3.05) is 6.61 Å². The van der Waals surface area contributed by atoms with Gasteiger partial charge in [0.05, 0.1) is 30.4 Å². The van der Waals surface area contributed by atoms with Gasteiger partial charge in [-0.05, 0) is 38.8 Å². The van der Waals surface area contributed by atoms with Crippen molar-refractivity contribution in [1.82, 2.24) is 19.8 Å². The van der Waals surface area contributed by atoms with Crippen LogP contribution in [-0.2, 0) is 20.1 Å². The van der Waals surface area contributed by atoms with Crippen molar-refractivity contribution >= 4 is 6.03 Å². The Hall–Kier alpha value is -2.83. The lowest BCUT2D eigenvalue weighted by Crippen LogP contribution is -2.43. The highest BCUT2D eigenvalue weighted by atomic mass is 16.5.